The molecule has 0 bridgehead atoms. The van der Waals surface area contributed by atoms with Crippen molar-refractivity contribution in [2.45, 2.75) is 64.7 Å². The van der Waals surface area contributed by atoms with Gasteiger partial charge in [-0.3, -0.25) is 9.78 Å². The molecule has 6 nitrogen and oxygen atoms in total. The summed E-state index contributed by atoms with van der Waals surface area (Å²) in [5.74, 6) is 0.898. The van der Waals surface area contributed by atoms with Crippen LogP contribution < -0.4 is 10.2 Å². The number of carbonyl (C=O) groups excluding carboxylic acids is 1. The van der Waals surface area contributed by atoms with Crippen molar-refractivity contribution in [1.82, 2.24) is 15.2 Å². The average molecular weight is 483 g/mol. The summed E-state index contributed by atoms with van der Waals surface area (Å²) in [7, 11) is 0. The van der Waals surface area contributed by atoms with E-state index in [1.54, 1.807) is 0 Å². The van der Waals surface area contributed by atoms with E-state index in [1.807, 2.05) is 9.80 Å². The third-order valence-corrected chi connectivity index (χ3v) is 8.15. The van der Waals surface area contributed by atoms with E-state index in [1.165, 1.54) is 6.20 Å². The van der Waals surface area contributed by atoms with E-state index in [9.17, 15) is 18.0 Å². The molecule has 1 amide bonds. The third-order valence-electron chi connectivity index (χ3n) is 8.15. The average Bonchev–Trinajstić information content (AvgIpc) is 3.25. The van der Waals surface area contributed by atoms with E-state index in [4.69, 9.17) is 4.74 Å². The number of rotatable bonds is 5. The van der Waals surface area contributed by atoms with Gasteiger partial charge in [0.25, 0.3) is 0 Å². The molecule has 1 saturated carbocycles. The molecule has 4 unspecified atom stereocenters. The Hall–Kier alpha value is -1.87. The lowest BCUT2D eigenvalue weighted by molar-refractivity contribution is -0.145. The van der Waals surface area contributed by atoms with Gasteiger partial charge in [-0.1, -0.05) is 20.8 Å². The molecule has 0 radical (unpaired) electrons. The van der Waals surface area contributed by atoms with Gasteiger partial charge < -0.3 is 19.9 Å². The van der Waals surface area contributed by atoms with E-state index in [0.29, 0.717) is 49.9 Å². The quantitative estimate of drug-likeness (QED) is 0.689. The Labute approximate surface area is 200 Å². The normalized spacial score (nSPS) is 30.7. The van der Waals surface area contributed by atoms with Crippen molar-refractivity contribution in [1.29, 1.82) is 0 Å². The van der Waals surface area contributed by atoms with Gasteiger partial charge in [0.05, 0.1) is 29.5 Å². The van der Waals surface area contributed by atoms with Crippen LogP contribution in [-0.4, -0.2) is 67.3 Å². The summed E-state index contributed by atoms with van der Waals surface area (Å²) in [4.78, 5) is 21.4. The number of nitrogens with one attached hydrogen (secondary N) is 1. The number of ether oxygens (including phenoxy) is 1. The molecule has 34 heavy (non-hydrogen) atoms. The second-order valence-corrected chi connectivity index (χ2v) is 10.6. The summed E-state index contributed by atoms with van der Waals surface area (Å²) in [6, 6.07) is 1.90. The van der Waals surface area contributed by atoms with Crippen LogP contribution in [0.1, 0.15) is 52.0 Å². The first kappa shape index (κ1) is 25.2. The predicted octanol–water partition coefficient (Wildman–Crippen LogP) is 3.96. The number of amides is 1. The lowest BCUT2D eigenvalue weighted by Gasteiger charge is -2.42. The van der Waals surface area contributed by atoms with Crippen molar-refractivity contribution in [3.05, 3.63) is 24.0 Å². The Morgan fingerprint density at radius 2 is 1.94 bits per heavy atom. The smallest absolute Gasteiger partial charge is 0.381 e. The number of piperazine rings is 1. The number of aromatic nitrogens is 1. The molecular formula is C25H37F3N4O2. The van der Waals surface area contributed by atoms with E-state index in [0.717, 1.165) is 51.2 Å². The highest BCUT2D eigenvalue weighted by molar-refractivity contribution is 5.84. The maximum Gasteiger partial charge on any atom is 0.417 e. The SMILES string of the molecule is CC1COCCC1NC1CCC(C(=O)N2CCN(c3cncc(C(F)(F)F)c3)CC2)(C(C)C)C1. The fourth-order valence-electron chi connectivity index (χ4n) is 5.85. The number of hydrogen-bond acceptors (Lipinski definition) is 5. The van der Waals surface area contributed by atoms with Gasteiger partial charge in [0, 0.05) is 51.1 Å². The summed E-state index contributed by atoms with van der Waals surface area (Å²) in [6.07, 6.45) is 1.60. The number of alkyl halides is 3. The van der Waals surface area contributed by atoms with E-state index >= 15 is 0 Å². The topological polar surface area (TPSA) is 57.7 Å². The van der Waals surface area contributed by atoms with Gasteiger partial charge >= 0.3 is 6.18 Å². The van der Waals surface area contributed by atoms with Gasteiger partial charge in [-0.15, -0.1) is 0 Å². The van der Waals surface area contributed by atoms with Crippen LogP contribution in [0.2, 0.25) is 0 Å². The molecule has 3 fully saturated rings. The Morgan fingerprint density at radius 3 is 2.59 bits per heavy atom. The monoisotopic (exact) mass is 482 g/mol. The predicted molar refractivity (Wildman–Crippen MR) is 124 cm³/mol. The summed E-state index contributed by atoms with van der Waals surface area (Å²) < 4.78 is 44.8. The molecule has 2 saturated heterocycles. The zero-order chi connectivity index (χ0) is 24.5. The number of nitrogens with zero attached hydrogens (tertiary/aromatic N) is 3. The lowest BCUT2D eigenvalue weighted by atomic mass is 9.74. The van der Waals surface area contributed by atoms with Crippen LogP contribution in [0.25, 0.3) is 0 Å². The zero-order valence-corrected chi connectivity index (χ0v) is 20.4. The number of hydrogen-bond donors (Lipinski definition) is 1. The van der Waals surface area contributed by atoms with Crippen LogP contribution in [0, 0.1) is 17.3 Å². The first-order valence-corrected chi connectivity index (χ1v) is 12.5. The molecule has 0 aromatic carbocycles. The lowest BCUT2D eigenvalue weighted by Crippen LogP contribution is -2.54. The fraction of sp³-hybridized carbons (Fsp3) is 0.760. The van der Waals surface area contributed by atoms with Crippen molar-refractivity contribution >= 4 is 11.6 Å². The molecule has 1 aromatic rings. The van der Waals surface area contributed by atoms with Crippen LogP contribution in [0.4, 0.5) is 18.9 Å². The minimum atomic E-state index is -4.42. The van der Waals surface area contributed by atoms with Crippen molar-refractivity contribution in [2.24, 2.45) is 17.3 Å². The Balaban J connectivity index is 1.38. The summed E-state index contributed by atoms with van der Waals surface area (Å²) in [5.41, 5.74) is -0.673. The summed E-state index contributed by atoms with van der Waals surface area (Å²) in [6.45, 7) is 10.1. The van der Waals surface area contributed by atoms with Crippen LogP contribution in [0.15, 0.2) is 18.5 Å². The fourth-order valence-corrected chi connectivity index (χ4v) is 5.85. The molecule has 4 atom stereocenters. The van der Waals surface area contributed by atoms with Gasteiger partial charge in [-0.25, -0.2) is 0 Å². The molecule has 1 aromatic heterocycles. The highest BCUT2D eigenvalue weighted by Gasteiger charge is 2.50. The van der Waals surface area contributed by atoms with Crippen molar-refractivity contribution < 1.29 is 22.7 Å². The number of pyridine rings is 1. The van der Waals surface area contributed by atoms with Gasteiger partial charge in [-0.05, 0) is 43.6 Å². The van der Waals surface area contributed by atoms with Crippen LogP contribution in [-0.2, 0) is 15.7 Å². The Bertz CT molecular complexity index is 857. The molecule has 4 rings (SSSR count). The molecule has 190 valence electrons. The van der Waals surface area contributed by atoms with Crippen LogP contribution >= 0.6 is 0 Å². The van der Waals surface area contributed by atoms with Crippen LogP contribution in [0.5, 0.6) is 0 Å². The molecule has 0 spiro atoms. The first-order chi connectivity index (χ1) is 16.1. The van der Waals surface area contributed by atoms with Crippen LogP contribution in [0.3, 0.4) is 0 Å². The highest BCUT2D eigenvalue weighted by Crippen LogP contribution is 2.46. The van der Waals surface area contributed by atoms with E-state index in [2.05, 4.69) is 31.1 Å². The second-order valence-electron chi connectivity index (χ2n) is 10.6. The van der Waals surface area contributed by atoms with Gasteiger partial charge in [-0.2, -0.15) is 13.2 Å². The molecule has 3 aliphatic rings. The van der Waals surface area contributed by atoms with E-state index < -0.39 is 11.7 Å². The maximum absolute atomic E-state index is 13.8. The molecular weight excluding hydrogens is 445 g/mol. The largest absolute Gasteiger partial charge is 0.417 e. The van der Waals surface area contributed by atoms with E-state index in [-0.39, 0.29) is 17.2 Å². The van der Waals surface area contributed by atoms with Crippen molar-refractivity contribution in [3.63, 3.8) is 0 Å². The molecule has 2 aliphatic heterocycles. The van der Waals surface area contributed by atoms with Crippen molar-refractivity contribution in [2.75, 3.05) is 44.3 Å². The van der Waals surface area contributed by atoms with Crippen molar-refractivity contribution in [3.8, 4) is 0 Å². The van der Waals surface area contributed by atoms with Gasteiger partial charge in [0.15, 0.2) is 0 Å². The maximum atomic E-state index is 13.8. The number of anilines is 1. The molecule has 1 aliphatic carbocycles. The standard InChI is InChI=1S/C25H37F3N4O2/c1-17(2)24(6-4-20(13-24)30-22-5-11-34-16-18(22)3)23(33)32-9-7-31(8-10-32)21-12-19(14-29-15-21)25(26,27)28/h12,14-15,17-18,20,22,30H,4-11,13,16H2,1-3H3. The second kappa shape index (κ2) is 10.0. The Kier molecular flexibility index (Phi) is 7.43. The molecule has 1 N–H and O–H groups in total. The summed E-state index contributed by atoms with van der Waals surface area (Å²) >= 11 is 0. The minimum absolute atomic E-state index is 0.202. The van der Waals surface area contributed by atoms with Gasteiger partial charge in [0.2, 0.25) is 5.91 Å². The highest BCUT2D eigenvalue weighted by atomic mass is 19.4. The molecule has 3 heterocycles. The number of halogens is 3. The zero-order valence-electron chi connectivity index (χ0n) is 20.4. The third kappa shape index (κ3) is 5.20. The molecule has 9 heteroatoms. The minimum Gasteiger partial charge on any atom is -0.381 e. The van der Waals surface area contributed by atoms with Gasteiger partial charge in [0.1, 0.15) is 0 Å². The summed E-state index contributed by atoms with van der Waals surface area (Å²) in [5, 5.41) is 3.82. The Morgan fingerprint density at radius 1 is 1.21 bits per heavy atom. The number of carbonyl (C=O) groups is 1. The first-order valence-electron chi connectivity index (χ1n) is 12.5.